The molecule has 1 aliphatic carbocycles. The number of benzene rings is 1. The van der Waals surface area contributed by atoms with Gasteiger partial charge in [-0.05, 0) is 50.9 Å². The van der Waals surface area contributed by atoms with Gasteiger partial charge >= 0.3 is 0 Å². The Morgan fingerprint density at radius 3 is 2.29 bits per heavy atom. The van der Waals surface area contributed by atoms with Crippen molar-refractivity contribution in [3.8, 4) is 5.75 Å². The summed E-state index contributed by atoms with van der Waals surface area (Å²) in [4.78, 5) is 7.60. The molecule has 24 heavy (non-hydrogen) atoms. The van der Waals surface area contributed by atoms with Gasteiger partial charge in [0.15, 0.2) is 0 Å². The number of likely N-dealkylation sites (N-methyl/N-ethyl adjacent to an activating group) is 1. The zero-order valence-electron chi connectivity index (χ0n) is 14.8. The molecule has 5 heteroatoms. The minimum atomic E-state index is 0.400. The second kappa shape index (κ2) is 6.81. The van der Waals surface area contributed by atoms with Crippen LogP contribution in [0.4, 0.5) is 11.4 Å². The van der Waals surface area contributed by atoms with E-state index in [0.717, 1.165) is 30.6 Å². The number of nitrogens with zero attached hydrogens (tertiary/aromatic N) is 3. The van der Waals surface area contributed by atoms with Crippen LogP contribution in [0.5, 0.6) is 5.75 Å². The largest absolute Gasteiger partial charge is 0.488 e. The summed E-state index contributed by atoms with van der Waals surface area (Å²) in [6, 6.07) is 7.07. The number of rotatable bonds is 4. The van der Waals surface area contributed by atoms with Gasteiger partial charge in [-0.15, -0.1) is 0 Å². The van der Waals surface area contributed by atoms with Crippen LogP contribution in [-0.4, -0.2) is 68.3 Å². The predicted octanol–water partition coefficient (Wildman–Crippen LogP) is 2.03. The molecule has 0 spiro atoms. The summed E-state index contributed by atoms with van der Waals surface area (Å²) < 4.78 is 5.85. The molecule has 0 radical (unpaired) electrons. The first-order valence-electron chi connectivity index (χ1n) is 9.43. The summed E-state index contributed by atoms with van der Waals surface area (Å²) in [5.74, 6) is 0.855. The topological polar surface area (TPSA) is 45.0 Å². The fourth-order valence-corrected chi connectivity index (χ4v) is 3.88. The molecule has 3 fully saturated rings. The maximum absolute atomic E-state index is 6.20. The van der Waals surface area contributed by atoms with E-state index >= 15 is 0 Å². The highest BCUT2D eigenvalue weighted by Crippen LogP contribution is 2.34. The van der Waals surface area contributed by atoms with Crippen molar-refractivity contribution in [1.82, 2.24) is 9.80 Å². The lowest BCUT2D eigenvalue weighted by Gasteiger charge is -2.42. The second-order valence-electron chi connectivity index (χ2n) is 7.60. The molecule has 0 atom stereocenters. The zero-order valence-corrected chi connectivity index (χ0v) is 14.8. The molecule has 1 aromatic rings. The molecule has 0 bridgehead atoms. The van der Waals surface area contributed by atoms with Gasteiger partial charge in [-0.3, -0.25) is 4.90 Å². The summed E-state index contributed by atoms with van der Waals surface area (Å²) in [5, 5.41) is 0. The third kappa shape index (κ3) is 3.62. The molecule has 3 aliphatic rings. The van der Waals surface area contributed by atoms with Gasteiger partial charge in [-0.1, -0.05) is 0 Å². The first-order valence-corrected chi connectivity index (χ1v) is 9.43. The van der Waals surface area contributed by atoms with Crippen LogP contribution in [0.25, 0.3) is 0 Å². The van der Waals surface area contributed by atoms with E-state index in [2.05, 4.69) is 39.9 Å². The normalized spacial score (nSPS) is 24.3. The molecule has 0 aromatic heterocycles. The van der Waals surface area contributed by atoms with Crippen molar-refractivity contribution in [2.45, 2.75) is 37.8 Å². The summed E-state index contributed by atoms with van der Waals surface area (Å²) >= 11 is 0. The smallest absolute Gasteiger partial charge is 0.142 e. The number of ether oxygens (including phenoxy) is 1. The molecule has 132 valence electrons. The molecule has 5 nitrogen and oxygen atoms in total. The monoisotopic (exact) mass is 330 g/mol. The second-order valence-corrected chi connectivity index (χ2v) is 7.60. The van der Waals surface area contributed by atoms with Gasteiger partial charge in [0.25, 0.3) is 0 Å². The van der Waals surface area contributed by atoms with Crippen LogP contribution in [0.15, 0.2) is 18.2 Å². The van der Waals surface area contributed by atoms with Crippen LogP contribution in [0, 0.1) is 0 Å². The average molecular weight is 330 g/mol. The quantitative estimate of drug-likeness (QED) is 0.856. The maximum Gasteiger partial charge on any atom is 0.142 e. The molecular formula is C19H30N4O. The maximum atomic E-state index is 6.20. The minimum Gasteiger partial charge on any atom is -0.488 e. The van der Waals surface area contributed by atoms with E-state index in [9.17, 15) is 0 Å². The Hall–Kier alpha value is -1.46. The van der Waals surface area contributed by atoms with Gasteiger partial charge in [0.05, 0.1) is 11.8 Å². The van der Waals surface area contributed by atoms with E-state index in [-0.39, 0.29) is 0 Å². The standard InChI is InChI=1S/C19H30N4O/c1-21-10-12-23(13-11-21)15-6-8-22(9-7-15)16-2-5-19(18(20)14-16)24-17-3-4-17/h2,5,14-15,17H,3-4,6-13,20H2,1H3. The van der Waals surface area contributed by atoms with E-state index in [1.54, 1.807) is 0 Å². The van der Waals surface area contributed by atoms with Crippen molar-refractivity contribution in [3.05, 3.63) is 18.2 Å². The van der Waals surface area contributed by atoms with Crippen LogP contribution in [0.3, 0.4) is 0 Å². The highest BCUT2D eigenvalue weighted by molar-refractivity contribution is 5.63. The number of anilines is 2. The van der Waals surface area contributed by atoms with Crippen LogP contribution < -0.4 is 15.4 Å². The Morgan fingerprint density at radius 1 is 0.958 bits per heavy atom. The van der Waals surface area contributed by atoms with Gasteiger partial charge in [-0.25, -0.2) is 0 Å². The van der Waals surface area contributed by atoms with E-state index in [4.69, 9.17) is 10.5 Å². The van der Waals surface area contributed by atoms with E-state index in [1.165, 1.54) is 57.5 Å². The van der Waals surface area contributed by atoms with Gasteiger partial charge in [0.1, 0.15) is 5.75 Å². The SMILES string of the molecule is CN1CCN(C2CCN(c3ccc(OC4CC4)c(N)c3)CC2)CC1. The third-order valence-corrected chi connectivity index (χ3v) is 5.70. The van der Waals surface area contributed by atoms with Crippen molar-refractivity contribution in [1.29, 1.82) is 0 Å². The number of piperidine rings is 1. The fourth-order valence-electron chi connectivity index (χ4n) is 3.88. The average Bonchev–Trinajstić information content (AvgIpc) is 3.42. The van der Waals surface area contributed by atoms with Crippen LogP contribution in [0.1, 0.15) is 25.7 Å². The Bertz CT molecular complexity index is 558. The van der Waals surface area contributed by atoms with Gasteiger partial charge in [-0.2, -0.15) is 0 Å². The summed E-state index contributed by atoms with van der Waals surface area (Å²) in [6.45, 7) is 7.11. The molecule has 4 rings (SSSR count). The third-order valence-electron chi connectivity index (χ3n) is 5.70. The minimum absolute atomic E-state index is 0.400. The van der Waals surface area contributed by atoms with Gasteiger partial charge < -0.3 is 20.3 Å². The number of nitrogens with two attached hydrogens (primary N) is 1. The van der Waals surface area contributed by atoms with Crippen LogP contribution in [-0.2, 0) is 0 Å². The fraction of sp³-hybridized carbons (Fsp3) is 0.684. The first kappa shape index (κ1) is 16.0. The number of nitrogen functional groups attached to an aromatic ring is 1. The molecule has 2 aliphatic heterocycles. The number of hydrogen-bond acceptors (Lipinski definition) is 5. The number of hydrogen-bond donors (Lipinski definition) is 1. The highest BCUT2D eigenvalue weighted by atomic mass is 16.5. The van der Waals surface area contributed by atoms with Gasteiger partial charge in [0, 0.05) is 51.0 Å². The molecule has 0 unspecified atom stereocenters. The Balaban J connectivity index is 1.32. The van der Waals surface area contributed by atoms with Crippen LogP contribution in [0.2, 0.25) is 0 Å². The van der Waals surface area contributed by atoms with Crippen molar-refractivity contribution < 1.29 is 4.74 Å². The van der Waals surface area contributed by atoms with E-state index in [1.807, 2.05) is 0 Å². The lowest BCUT2D eigenvalue weighted by molar-refractivity contribution is 0.0982. The van der Waals surface area contributed by atoms with Crippen LogP contribution >= 0.6 is 0 Å². The molecular weight excluding hydrogens is 300 g/mol. The lowest BCUT2D eigenvalue weighted by Crippen LogP contribution is -2.52. The van der Waals surface area contributed by atoms with Crippen molar-refractivity contribution >= 4 is 11.4 Å². The molecule has 0 amide bonds. The summed E-state index contributed by atoms with van der Waals surface area (Å²) in [7, 11) is 2.22. The molecule has 2 N–H and O–H groups in total. The van der Waals surface area contributed by atoms with Gasteiger partial charge in [0.2, 0.25) is 0 Å². The van der Waals surface area contributed by atoms with Crippen molar-refractivity contribution in [2.75, 3.05) is 56.9 Å². The summed E-state index contributed by atoms with van der Waals surface area (Å²) in [6.07, 6.45) is 5.24. The lowest BCUT2D eigenvalue weighted by atomic mass is 10.0. The predicted molar refractivity (Wildman–Crippen MR) is 98.8 cm³/mol. The van der Waals surface area contributed by atoms with Crippen molar-refractivity contribution in [2.24, 2.45) is 0 Å². The highest BCUT2D eigenvalue weighted by Gasteiger charge is 2.27. The first-order chi connectivity index (χ1) is 11.7. The Kier molecular flexibility index (Phi) is 4.55. The molecule has 2 saturated heterocycles. The molecule has 1 aromatic carbocycles. The molecule has 1 saturated carbocycles. The van der Waals surface area contributed by atoms with E-state index in [0.29, 0.717) is 6.10 Å². The zero-order chi connectivity index (χ0) is 16.5. The summed E-state index contributed by atoms with van der Waals surface area (Å²) in [5.41, 5.74) is 8.22. The van der Waals surface area contributed by atoms with E-state index < -0.39 is 0 Å². The Labute approximate surface area is 145 Å². The Morgan fingerprint density at radius 2 is 1.67 bits per heavy atom. The molecule has 2 heterocycles. The number of piperazine rings is 1. The van der Waals surface area contributed by atoms with Crippen molar-refractivity contribution in [3.63, 3.8) is 0 Å².